The van der Waals surface area contributed by atoms with Crippen LogP contribution in [0.5, 0.6) is 11.5 Å². The van der Waals surface area contributed by atoms with Gasteiger partial charge in [-0.1, -0.05) is 6.07 Å². The molecule has 13 heteroatoms. The number of fused-ring (bicyclic) bond motifs is 1. The van der Waals surface area contributed by atoms with Crippen molar-refractivity contribution in [1.29, 1.82) is 0 Å². The summed E-state index contributed by atoms with van der Waals surface area (Å²) >= 11 is 0. The smallest absolute Gasteiger partial charge is 0.287 e. The first-order chi connectivity index (χ1) is 18.3. The van der Waals surface area contributed by atoms with E-state index in [0.29, 0.717) is 18.4 Å². The molecule has 4 rings (SSSR count). The van der Waals surface area contributed by atoms with Crippen LogP contribution in [0, 0.1) is 11.6 Å². The predicted molar refractivity (Wildman–Crippen MR) is 130 cm³/mol. The molecule has 2 aromatic carbocycles. The van der Waals surface area contributed by atoms with Crippen LogP contribution < -0.4 is 25.7 Å². The molecule has 1 aliphatic rings. The Morgan fingerprint density at radius 1 is 1.24 bits per heavy atom. The topological polar surface area (TPSA) is 152 Å². The zero-order valence-corrected chi connectivity index (χ0v) is 20.4. The van der Waals surface area contributed by atoms with Gasteiger partial charge in [0.1, 0.15) is 12.0 Å². The molecule has 0 bridgehead atoms. The summed E-state index contributed by atoms with van der Waals surface area (Å²) in [6.07, 6.45) is 0.601. The van der Waals surface area contributed by atoms with Crippen molar-refractivity contribution in [3.05, 3.63) is 63.7 Å². The van der Waals surface area contributed by atoms with E-state index in [-0.39, 0.29) is 60.1 Å². The second-order valence-electron chi connectivity index (χ2n) is 8.59. The molecule has 1 saturated heterocycles. The first-order valence-electron chi connectivity index (χ1n) is 11.8. The Balaban J connectivity index is 1.41. The highest BCUT2D eigenvalue weighted by molar-refractivity contribution is 5.93. The van der Waals surface area contributed by atoms with E-state index in [1.165, 1.54) is 31.4 Å². The number of aromatic amines is 1. The number of hydrogen-bond acceptors (Lipinski definition) is 8. The molecule has 11 nitrogen and oxygen atoms in total. The Bertz CT molecular complexity index is 1400. The van der Waals surface area contributed by atoms with Crippen LogP contribution in [-0.4, -0.2) is 66.0 Å². The molecule has 0 aliphatic carbocycles. The Morgan fingerprint density at radius 3 is 2.79 bits per heavy atom. The van der Waals surface area contributed by atoms with Crippen molar-refractivity contribution in [2.75, 3.05) is 26.9 Å². The van der Waals surface area contributed by atoms with Crippen molar-refractivity contribution in [1.82, 2.24) is 20.6 Å². The number of halogens is 2. The van der Waals surface area contributed by atoms with Crippen LogP contribution in [0.25, 0.3) is 10.9 Å². The lowest BCUT2D eigenvalue weighted by atomic mass is 10.1. The number of rotatable bonds is 10. The Morgan fingerprint density at radius 2 is 2.03 bits per heavy atom. The molecule has 0 spiro atoms. The summed E-state index contributed by atoms with van der Waals surface area (Å²) in [5, 5.41) is 13.9. The van der Waals surface area contributed by atoms with E-state index < -0.39 is 35.6 Å². The van der Waals surface area contributed by atoms with Crippen molar-refractivity contribution >= 4 is 22.7 Å². The molecular weight excluding hydrogens is 506 g/mol. The van der Waals surface area contributed by atoms with Crippen LogP contribution in [-0.2, 0) is 16.1 Å². The molecular formula is C25H26F2N4O7. The van der Waals surface area contributed by atoms with Gasteiger partial charge in [-0.15, -0.1) is 0 Å². The normalized spacial score (nSPS) is 16.8. The average molecular weight is 533 g/mol. The summed E-state index contributed by atoms with van der Waals surface area (Å²) in [4.78, 5) is 43.2. The maximum Gasteiger partial charge on any atom is 0.287 e. The van der Waals surface area contributed by atoms with Crippen molar-refractivity contribution in [3.63, 3.8) is 0 Å². The number of methoxy groups -OCH3 is 1. The lowest BCUT2D eigenvalue weighted by Crippen LogP contribution is -2.37. The summed E-state index contributed by atoms with van der Waals surface area (Å²) in [6, 6.07) is 6.23. The van der Waals surface area contributed by atoms with E-state index in [2.05, 4.69) is 20.6 Å². The zero-order chi connectivity index (χ0) is 27.2. The van der Waals surface area contributed by atoms with Gasteiger partial charge in [0.25, 0.3) is 11.5 Å². The van der Waals surface area contributed by atoms with E-state index in [1.54, 1.807) is 0 Å². The lowest BCUT2D eigenvalue weighted by Gasteiger charge is -2.13. The molecule has 2 heterocycles. The van der Waals surface area contributed by atoms with Gasteiger partial charge in [-0.3, -0.25) is 14.4 Å². The number of H-pyrrole nitrogens is 1. The van der Waals surface area contributed by atoms with Gasteiger partial charge in [0.05, 0.1) is 38.0 Å². The Hall–Kier alpha value is -4.10. The summed E-state index contributed by atoms with van der Waals surface area (Å²) in [5.74, 6) is -3.07. The zero-order valence-electron chi connectivity index (χ0n) is 20.4. The Kier molecular flexibility index (Phi) is 8.48. The van der Waals surface area contributed by atoms with Crippen LogP contribution in [0.4, 0.5) is 8.78 Å². The van der Waals surface area contributed by atoms with Crippen molar-refractivity contribution in [2.45, 2.75) is 31.5 Å². The van der Waals surface area contributed by atoms with Gasteiger partial charge in [0.15, 0.2) is 29.0 Å². The molecule has 2 atom stereocenters. The molecule has 0 saturated carbocycles. The molecule has 1 fully saturated rings. The summed E-state index contributed by atoms with van der Waals surface area (Å²) in [5.41, 5.74) is -0.143. The lowest BCUT2D eigenvalue weighted by molar-refractivity contribution is -0.124. The third-order valence-electron chi connectivity index (χ3n) is 5.94. The van der Waals surface area contributed by atoms with E-state index in [1.807, 2.05) is 0 Å². The molecule has 1 aliphatic heterocycles. The van der Waals surface area contributed by atoms with Gasteiger partial charge in [-0.2, -0.15) is 0 Å². The number of aliphatic hydroxyl groups excluding tert-OH is 1. The summed E-state index contributed by atoms with van der Waals surface area (Å²) in [7, 11) is 1.32. The molecule has 202 valence electrons. The number of ether oxygens (including phenoxy) is 3. The fourth-order valence-electron chi connectivity index (χ4n) is 4.08. The van der Waals surface area contributed by atoms with Gasteiger partial charge in [0.2, 0.25) is 5.91 Å². The Labute approximate surface area is 215 Å². The molecule has 3 aromatic rings. The second-order valence-corrected chi connectivity index (χ2v) is 8.59. The fraction of sp³-hybridized carbons (Fsp3) is 0.360. The van der Waals surface area contributed by atoms with E-state index in [0.717, 1.165) is 6.07 Å². The molecule has 4 N–H and O–H groups in total. The van der Waals surface area contributed by atoms with Gasteiger partial charge in [-0.25, -0.2) is 13.8 Å². The van der Waals surface area contributed by atoms with Crippen LogP contribution in [0.3, 0.4) is 0 Å². The quantitative estimate of drug-likeness (QED) is 0.304. The minimum Gasteiger partial charge on any atom is -0.494 e. The third-order valence-corrected chi connectivity index (χ3v) is 5.94. The number of amides is 2. The van der Waals surface area contributed by atoms with E-state index >= 15 is 0 Å². The highest BCUT2D eigenvalue weighted by atomic mass is 19.1. The molecule has 38 heavy (non-hydrogen) atoms. The monoisotopic (exact) mass is 532 g/mol. The second kappa shape index (κ2) is 12.0. The number of benzene rings is 2. The highest BCUT2D eigenvalue weighted by Gasteiger charge is 2.27. The van der Waals surface area contributed by atoms with Crippen LogP contribution in [0.1, 0.15) is 29.0 Å². The van der Waals surface area contributed by atoms with Crippen molar-refractivity contribution in [2.24, 2.45) is 0 Å². The van der Waals surface area contributed by atoms with E-state index in [9.17, 15) is 23.2 Å². The minimum absolute atomic E-state index is 0.0166. The predicted octanol–water partition coefficient (Wildman–Crippen LogP) is 1.17. The first-order valence-corrected chi connectivity index (χ1v) is 11.8. The number of carbonyl (C=O) groups is 2. The number of nitrogens with zero attached hydrogens (tertiary/aromatic N) is 1. The summed E-state index contributed by atoms with van der Waals surface area (Å²) < 4.78 is 44.3. The fourth-order valence-corrected chi connectivity index (χ4v) is 4.08. The van der Waals surface area contributed by atoms with Gasteiger partial charge in [0, 0.05) is 13.0 Å². The van der Waals surface area contributed by atoms with Crippen LogP contribution in [0.2, 0.25) is 0 Å². The van der Waals surface area contributed by atoms with E-state index in [4.69, 9.17) is 19.3 Å². The number of aromatic nitrogens is 2. The number of hydrogen-bond donors (Lipinski definition) is 4. The number of aliphatic hydroxyl groups is 1. The number of carbonyl (C=O) groups excluding carboxylic acids is 2. The van der Waals surface area contributed by atoms with Gasteiger partial charge >= 0.3 is 0 Å². The SMILES string of the molecule is COc1cc(CNC(=O)c2nc3ccc(F)c(OCCC4CC(NC(=O)CO)CO4)c3c(=O)[nH]2)ccc1F. The third kappa shape index (κ3) is 6.23. The molecule has 1 aromatic heterocycles. The molecule has 2 unspecified atom stereocenters. The minimum atomic E-state index is -0.771. The maximum absolute atomic E-state index is 14.6. The van der Waals surface area contributed by atoms with Gasteiger partial charge < -0.3 is 34.9 Å². The molecule has 0 radical (unpaired) electrons. The average Bonchev–Trinajstić information content (AvgIpc) is 3.35. The first kappa shape index (κ1) is 26.9. The van der Waals surface area contributed by atoms with Crippen LogP contribution >= 0.6 is 0 Å². The van der Waals surface area contributed by atoms with Crippen molar-refractivity contribution in [3.8, 4) is 11.5 Å². The van der Waals surface area contributed by atoms with Gasteiger partial charge in [-0.05, 0) is 36.2 Å². The van der Waals surface area contributed by atoms with Crippen molar-refractivity contribution < 1.29 is 37.7 Å². The summed E-state index contributed by atoms with van der Waals surface area (Å²) in [6.45, 7) is -0.296. The molecule has 2 amide bonds. The van der Waals surface area contributed by atoms with Crippen LogP contribution in [0.15, 0.2) is 35.1 Å². The standard InChI is InChI=1S/C25H26F2N4O7/c1-36-19-8-13(2-3-16(19)26)10-28-25(35)23-30-18-5-4-17(27)22(21(18)24(34)31-23)37-7-6-15-9-14(12-38-15)29-20(33)11-32/h2-5,8,14-15,32H,6-7,9-12H2,1H3,(H,28,35)(H,29,33)(H,30,31,34). The highest BCUT2D eigenvalue weighted by Crippen LogP contribution is 2.26. The largest absolute Gasteiger partial charge is 0.494 e. The maximum atomic E-state index is 14.6. The number of nitrogens with one attached hydrogen (secondary N) is 3.